The highest BCUT2D eigenvalue weighted by molar-refractivity contribution is 5.92. The van der Waals surface area contributed by atoms with Gasteiger partial charge in [0, 0.05) is 36.9 Å². The molecule has 32 heavy (non-hydrogen) atoms. The first-order valence-corrected chi connectivity index (χ1v) is 9.78. The van der Waals surface area contributed by atoms with Crippen LogP contribution in [0.25, 0.3) is 33.6 Å². The van der Waals surface area contributed by atoms with Gasteiger partial charge in [0.05, 0.1) is 12.8 Å². The van der Waals surface area contributed by atoms with E-state index >= 15 is 0 Å². The quantitative estimate of drug-likeness (QED) is 0.451. The van der Waals surface area contributed by atoms with Crippen molar-refractivity contribution in [2.75, 3.05) is 20.3 Å². The summed E-state index contributed by atoms with van der Waals surface area (Å²) in [6, 6.07) is 2.68. The van der Waals surface area contributed by atoms with Crippen LogP contribution in [0.1, 0.15) is 18.8 Å². The third-order valence-corrected chi connectivity index (χ3v) is 4.96. The summed E-state index contributed by atoms with van der Waals surface area (Å²) in [5.41, 5.74) is 2.14. The van der Waals surface area contributed by atoms with Gasteiger partial charge < -0.3 is 19.6 Å². The number of carbonyl (C=O) groups is 1. The minimum Gasteiger partial charge on any atom is -0.384 e. The number of nitrogens with one attached hydrogen (secondary N) is 2. The lowest BCUT2D eigenvalue weighted by atomic mass is 10.2. The van der Waals surface area contributed by atoms with Crippen molar-refractivity contribution in [2.24, 2.45) is 0 Å². The smallest absolute Gasteiger partial charge is 0.384 e. The van der Waals surface area contributed by atoms with E-state index in [-0.39, 0.29) is 0 Å². The summed E-state index contributed by atoms with van der Waals surface area (Å²) in [6.07, 6.45) is 0.746. The van der Waals surface area contributed by atoms with Crippen molar-refractivity contribution < 1.29 is 22.7 Å². The van der Waals surface area contributed by atoms with Crippen LogP contribution < -0.4 is 5.32 Å². The highest BCUT2D eigenvalue weighted by atomic mass is 19.4. The van der Waals surface area contributed by atoms with Crippen molar-refractivity contribution in [1.29, 1.82) is 0 Å². The van der Waals surface area contributed by atoms with Gasteiger partial charge in [0.25, 0.3) is 0 Å². The summed E-state index contributed by atoms with van der Waals surface area (Å²) in [5, 5.41) is 2.74. The number of rotatable bonds is 7. The molecule has 0 radical (unpaired) electrons. The summed E-state index contributed by atoms with van der Waals surface area (Å²) >= 11 is 0. The van der Waals surface area contributed by atoms with Crippen LogP contribution in [0.2, 0.25) is 0 Å². The molecule has 2 N–H and O–H groups in total. The van der Waals surface area contributed by atoms with Gasteiger partial charge in [0.2, 0.25) is 5.91 Å². The van der Waals surface area contributed by atoms with Gasteiger partial charge in [-0.3, -0.25) is 4.79 Å². The number of carbonyl (C=O) groups excluding carboxylic acids is 1. The van der Waals surface area contributed by atoms with Crippen molar-refractivity contribution in [3.8, 4) is 11.4 Å². The monoisotopic (exact) mass is 447 g/mol. The number of halogens is 3. The van der Waals surface area contributed by atoms with E-state index in [0.29, 0.717) is 47.1 Å². The lowest BCUT2D eigenvalue weighted by molar-refractivity contribution is -0.140. The van der Waals surface area contributed by atoms with Crippen LogP contribution in [-0.4, -0.2) is 61.8 Å². The highest BCUT2D eigenvalue weighted by Crippen LogP contribution is 2.27. The normalized spacial score (nSPS) is 13.0. The van der Waals surface area contributed by atoms with Gasteiger partial charge in [-0.15, -0.1) is 0 Å². The molecule has 0 aliphatic carbocycles. The molecule has 1 amide bonds. The molecule has 4 aromatic heterocycles. The molecule has 168 valence electrons. The number of H-pyrrole nitrogens is 1. The molecule has 4 aromatic rings. The number of hydrogen-bond donors (Lipinski definition) is 2. The number of nitrogens with zero attached hydrogens (tertiary/aromatic N) is 5. The van der Waals surface area contributed by atoms with Crippen LogP contribution in [0, 0.1) is 0 Å². The number of fused-ring (bicyclic) bond motifs is 2. The third kappa shape index (κ3) is 4.26. The Kier molecular flexibility index (Phi) is 5.78. The minimum atomic E-state index is -4.51. The Morgan fingerprint density at radius 3 is 2.88 bits per heavy atom. The molecule has 0 saturated carbocycles. The Hall–Kier alpha value is -3.54. The molecule has 0 aliphatic rings. The summed E-state index contributed by atoms with van der Waals surface area (Å²) < 4.78 is 44.4. The average Bonchev–Trinajstić information content (AvgIpc) is 3.35. The van der Waals surface area contributed by atoms with E-state index in [1.54, 1.807) is 18.5 Å². The third-order valence-electron chi connectivity index (χ3n) is 4.96. The fourth-order valence-electron chi connectivity index (χ4n) is 3.44. The minimum absolute atomic E-state index is 0.314. The second kappa shape index (κ2) is 8.54. The molecule has 1 unspecified atom stereocenters. The van der Waals surface area contributed by atoms with Crippen LogP contribution in [-0.2, 0) is 16.0 Å². The first kappa shape index (κ1) is 21.7. The second-order valence-corrected chi connectivity index (χ2v) is 7.15. The fraction of sp³-hybridized carbons (Fsp3) is 0.350. The summed E-state index contributed by atoms with van der Waals surface area (Å²) in [5.74, 6) is 0.0411. The molecule has 1 atom stereocenters. The Morgan fingerprint density at radius 1 is 1.31 bits per heavy atom. The average molecular weight is 447 g/mol. The van der Waals surface area contributed by atoms with Crippen LogP contribution in [0.4, 0.5) is 13.2 Å². The first-order chi connectivity index (χ1) is 15.3. The van der Waals surface area contributed by atoms with Crippen molar-refractivity contribution in [2.45, 2.75) is 25.6 Å². The number of aromatic amines is 1. The maximum Gasteiger partial charge on any atom is 0.405 e. The lowest BCUT2D eigenvalue weighted by Gasteiger charge is -2.17. The van der Waals surface area contributed by atoms with Crippen molar-refractivity contribution in [3.05, 3.63) is 36.5 Å². The van der Waals surface area contributed by atoms with E-state index in [0.717, 1.165) is 5.39 Å². The Morgan fingerprint density at radius 2 is 2.12 bits per heavy atom. The molecule has 0 fully saturated rings. The van der Waals surface area contributed by atoms with Crippen molar-refractivity contribution in [3.63, 3.8) is 0 Å². The first-order valence-electron chi connectivity index (χ1n) is 9.78. The number of alkyl halides is 3. The SMILES string of the molecule is COCCc1nc2cnc(-c3c[nH]c4ncccc34)nc2n1C(C)C(=O)NCC(F)(F)F. The van der Waals surface area contributed by atoms with Crippen LogP contribution in [0.15, 0.2) is 30.7 Å². The maximum atomic E-state index is 12.6. The molecular formula is C20H20F3N7O2. The predicted molar refractivity (Wildman–Crippen MR) is 110 cm³/mol. The lowest BCUT2D eigenvalue weighted by Crippen LogP contribution is -2.38. The number of amides is 1. The molecule has 0 aromatic carbocycles. The molecular weight excluding hydrogens is 427 g/mol. The highest BCUT2D eigenvalue weighted by Gasteiger charge is 2.30. The molecule has 0 spiro atoms. The van der Waals surface area contributed by atoms with E-state index in [1.165, 1.54) is 24.8 Å². The molecule has 4 rings (SSSR count). The summed E-state index contributed by atoms with van der Waals surface area (Å²) in [6.45, 7) is 0.397. The fourth-order valence-corrected chi connectivity index (χ4v) is 3.44. The van der Waals surface area contributed by atoms with Gasteiger partial charge in [0.1, 0.15) is 29.6 Å². The van der Waals surface area contributed by atoms with Crippen LogP contribution >= 0.6 is 0 Å². The van der Waals surface area contributed by atoms with Crippen molar-refractivity contribution >= 4 is 28.1 Å². The molecule has 4 heterocycles. The van der Waals surface area contributed by atoms with Gasteiger partial charge in [-0.25, -0.2) is 19.9 Å². The molecule has 0 saturated heterocycles. The van der Waals surface area contributed by atoms with Crippen LogP contribution in [0.3, 0.4) is 0 Å². The number of aromatic nitrogens is 6. The van der Waals surface area contributed by atoms with Crippen molar-refractivity contribution in [1.82, 2.24) is 34.8 Å². The number of hydrogen-bond acceptors (Lipinski definition) is 6. The topological polar surface area (TPSA) is 111 Å². The van der Waals surface area contributed by atoms with E-state index in [9.17, 15) is 18.0 Å². The zero-order valence-corrected chi connectivity index (χ0v) is 17.3. The van der Waals surface area contributed by atoms with E-state index in [1.807, 2.05) is 11.4 Å². The molecule has 12 heteroatoms. The zero-order chi connectivity index (χ0) is 22.9. The Balaban J connectivity index is 1.78. The number of imidazole rings is 1. The standard InChI is InChI=1S/C20H20F3N7O2/c1-11(19(31)27-10-20(21,22)23)30-15(5-7-32-2)28-14-9-26-17(29-18(14)30)13-8-25-16-12(13)4-3-6-24-16/h3-4,6,8-9,11H,5,7,10H2,1-2H3,(H,24,25)(H,27,31). The van der Waals surface area contributed by atoms with Gasteiger partial charge in [-0.2, -0.15) is 13.2 Å². The van der Waals surface area contributed by atoms with E-state index < -0.39 is 24.7 Å². The maximum absolute atomic E-state index is 12.6. The second-order valence-electron chi connectivity index (χ2n) is 7.15. The van der Waals surface area contributed by atoms with E-state index in [4.69, 9.17) is 4.74 Å². The molecule has 0 bridgehead atoms. The van der Waals surface area contributed by atoms with E-state index in [2.05, 4.69) is 24.9 Å². The summed E-state index contributed by atoms with van der Waals surface area (Å²) in [7, 11) is 1.52. The molecule has 9 nitrogen and oxygen atoms in total. The Bertz CT molecular complexity index is 1270. The Labute approximate surface area is 180 Å². The summed E-state index contributed by atoms with van der Waals surface area (Å²) in [4.78, 5) is 33.3. The van der Waals surface area contributed by atoms with Gasteiger partial charge >= 0.3 is 6.18 Å². The largest absolute Gasteiger partial charge is 0.405 e. The number of pyridine rings is 1. The zero-order valence-electron chi connectivity index (χ0n) is 17.3. The van der Waals surface area contributed by atoms with Crippen LogP contribution in [0.5, 0.6) is 0 Å². The van der Waals surface area contributed by atoms with Gasteiger partial charge in [-0.05, 0) is 19.1 Å². The van der Waals surface area contributed by atoms with Gasteiger partial charge in [0.15, 0.2) is 11.5 Å². The van der Waals surface area contributed by atoms with Gasteiger partial charge in [-0.1, -0.05) is 0 Å². The predicted octanol–water partition coefficient (Wildman–Crippen LogP) is 2.80. The molecule has 0 aliphatic heterocycles. The number of methoxy groups -OCH3 is 1. The number of ether oxygens (including phenoxy) is 1.